The van der Waals surface area contributed by atoms with E-state index in [0.717, 1.165) is 28.9 Å². The SMILES string of the molecule is CC(C)c1ccccc1Oc1ccc(C2CCN(C(=O)Cc3ncccc3Cl)C2)c(CO)c1. The number of para-hydroxylation sites is 1. The van der Waals surface area contributed by atoms with Crippen LogP contribution in [0, 0.1) is 0 Å². The van der Waals surface area contributed by atoms with Gasteiger partial charge in [-0.2, -0.15) is 0 Å². The Balaban J connectivity index is 1.46. The molecule has 3 aromatic rings. The lowest BCUT2D eigenvalue weighted by atomic mass is 9.93. The number of amides is 1. The van der Waals surface area contributed by atoms with Crippen LogP contribution in [0.2, 0.25) is 5.02 Å². The zero-order chi connectivity index (χ0) is 23.4. The molecule has 5 nitrogen and oxygen atoms in total. The lowest BCUT2D eigenvalue weighted by molar-refractivity contribution is -0.129. The first kappa shape index (κ1) is 23.3. The Morgan fingerprint density at radius 3 is 2.79 bits per heavy atom. The Labute approximate surface area is 200 Å². The molecule has 4 rings (SSSR count). The zero-order valence-corrected chi connectivity index (χ0v) is 19.8. The second kappa shape index (κ2) is 10.4. The van der Waals surface area contributed by atoms with Gasteiger partial charge in [0.15, 0.2) is 0 Å². The molecular formula is C27H29ClN2O3. The molecule has 0 spiro atoms. The number of carbonyl (C=O) groups is 1. The highest BCUT2D eigenvalue weighted by Gasteiger charge is 2.29. The molecule has 1 fully saturated rings. The van der Waals surface area contributed by atoms with E-state index in [2.05, 4.69) is 24.9 Å². The summed E-state index contributed by atoms with van der Waals surface area (Å²) in [4.78, 5) is 18.9. The number of carbonyl (C=O) groups excluding carboxylic acids is 1. The van der Waals surface area contributed by atoms with E-state index in [0.29, 0.717) is 35.5 Å². The van der Waals surface area contributed by atoms with E-state index >= 15 is 0 Å². The number of rotatable bonds is 7. The standard InChI is InChI=1S/C27H29ClN2O3/c1-18(2)22-6-3-4-8-26(22)33-21-9-10-23(20(14-21)17-31)19-11-13-30(16-19)27(32)15-25-24(28)7-5-12-29-25/h3-10,12,14,18-19,31H,11,13,15-17H2,1-2H3. The Morgan fingerprint density at radius 2 is 2.03 bits per heavy atom. The van der Waals surface area contributed by atoms with Crippen LogP contribution >= 0.6 is 11.6 Å². The molecule has 1 unspecified atom stereocenters. The molecule has 2 aromatic carbocycles. The van der Waals surface area contributed by atoms with Gasteiger partial charge in [0.05, 0.1) is 23.7 Å². The molecule has 33 heavy (non-hydrogen) atoms. The number of ether oxygens (including phenoxy) is 1. The van der Waals surface area contributed by atoms with E-state index in [1.54, 1.807) is 18.3 Å². The maximum atomic E-state index is 12.8. The Kier molecular flexibility index (Phi) is 7.31. The number of pyridine rings is 1. The quantitative estimate of drug-likeness (QED) is 0.487. The van der Waals surface area contributed by atoms with Crippen molar-refractivity contribution in [3.05, 3.63) is 88.2 Å². The van der Waals surface area contributed by atoms with Crippen molar-refractivity contribution >= 4 is 17.5 Å². The number of nitrogens with zero attached hydrogens (tertiary/aromatic N) is 2. The molecule has 1 amide bonds. The summed E-state index contributed by atoms with van der Waals surface area (Å²) in [6, 6.07) is 17.4. The van der Waals surface area contributed by atoms with Crippen LogP contribution in [0.3, 0.4) is 0 Å². The van der Waals surface area contributed by atoms with Crippen LogP contribution in [0.4, 0.5) is 0 Å². The maximum Gasteiger partial charge on any atom is 0.228 e. The van der Waals surface area contributed by atoms with E-state index in [1.807, 2.05) is 41.3 Å². The molecule has 1 aliphatic rings. The highest BCUT2D eigenvalue weighted by Crippen LogP contribution is 2.35. The van der Waals surface area contributed by atoms with Crippen LogP contribution < -0.4 is 4.74 Å². The lowest BCUT2D eigenvalue weighted by Crippen LogP contribution is -2.30. The van der Waals surface area contributed by atoms with Crippen LogP contribution in [0.15, 0.2) is 60.8 Å². The van der Waals surface area contributed by atoms with Crippen LogP contribution in [0.25, 0.3) is 0 Å². The fraction of sp³-hybridized carbons (Fsp3) is 0.333. The van der Waals surface area contributed by atoms with Gasteiger partial charge in [0.2, 0.25) is 5.91 Å². The van der Waals surface area contributed by atoms with Crippen molar-refractivity contribution < 1.29 is 14.6 Å². The van der Waals surface area contributed by atoms with Crippen LogP contribution in [0.1, 0.15) is 54.5 Å². The number of hydrogen-bond donors (Lipinski definition) is 1. The van der Waals surface area contributed by atoms with Gasteiger partial charge >= 0.3 is 0 Å². The first-order chi connectivity index (χ1) is 16.0. The number of halogens is 1. The first-order valence-electron chi connectivity index (χ1n) is 11.3. The topological polar surface area (TPSA) is 62.7 Å². The third-order valence-corrected chi connectivity index (χ3v) is 6.53. The maximum absolute atomic E-state index is 12.8. The van der Waals surface area contributed by atoms with Gasteiger partial charge in [-0.3, -0.25) is 9.78 Å². The van der Waals surface area contributed by atoms with Crippen LogP contribution in [0.5, 0.6) is 11.5 Å². The van der Waals surface area contributed by atoms with Gasteiger partial charge in [-0.15, -0.1) is 0 Å². The van der Waals surface area contributed by atoms with Crippen molar-refractivity contribution in [2.75, 3.05) is 13.1 Å². The molecule has 2 heterocycles. The summed E-state index contributed by atoms with van der Waals surface area (Å²) in [5, 5.41) is 10.6. The molecule has 1 aromatic heterocycles. The molecule has 0 bridgehead atoms. The largest absolute Gasteiger partial charge is 0.457 e. The minimum absolute atomic E-state index is 0.0221. The summed E-state index contributed by atoms with van der Waals surface area (Å²) in [6.07, 6.45) is 2.70. The number of hydrogen-bond acceptors (Lipinski definition) is 4. The molecule has 172 valence electrons. The zero-order valence-electron chi connectivity index (χ0n) is 19.0. The van der Waals surface area contributed by atoms with Gasteiger partial charge in [-0.05, 0) is 59.4 Å². The average Bonchev–Trinajstić information content (AvgIpc) is 3.31. The molecule has 1 atom stereocenters. The van der Waals surface area contributed by atoms with Gasteiger partial charge in [0, 0.05) is 25.2 Å². The van der Waals surface area contributed by atoms with Crippen molar-refractivity contribution in [3.8, 4) is 11.5 Å². The molecule has 0 aliphatic carbocycles. The number of benzene rings is 2. The highest BCUT2D eigenvalue weighted by atomic mass is 35.5. The summed E-state index contributed by atoms with van der Waals surface area (Å²) in [5.41, 5.74) is 3.65. The average molecular weight is 465 g/mol. The van der Waals surface area contributed by atoms with Crippen LogP contribution in [-0.4, -0.2) is 34.0 Å². The van der Waals surface area contributed by atoms with E-state index in [-0.39, 0.29) is 24.9 Å². The second-order valence-electron chi connectivity index (χ2n) is 8.75. The molecule has 1 saturated heterocycles. The minimum atomic E-state index is -0.0770. The first-order valence-corrected chi connectivity index (χ1v) is 11.7. The number of aliphatic hydroxyl groups is 1. The summed E-state index contributed by atoms with van der Waals surface area (Å²) in [6.45, 7) is 5.50. The lowest BCUT2D eigenvalue weighted by Gasteiger charge is -2.19. The monoisotopic (exact) mass is 464 g/mol. The number of aliphatic hydroxyl groups excluding tert-OH is 1. The predicted octanol–water partition coefficient (Wildman–Crippen LogP) is 5.70. The molecule has 6 heteroatoms. The normalized spacial score (nSPS) is 15.8. The molecule has 1 N–H and O–H groups in total. The van der Waals surface area contributed by atoms with Gasteiger partial charge < -0.3 is 14.7 Å². The van der Waals surface area contributed by atoms with Crippen molar-refractivity contribution in [2.45, 2.75) is 45.1 Å². The van der Waals surface area contributed by atoms with Crippen molar-refractivity contribution in [2.24, 2.45) is 0 Å². The third-order valence-electron chi connectivity index (χ3n) is 6.19. The summed E-state index contributed by atoms with van der Waals surface area (Å²) in [5.74, 6) is 2.07. The Morgan fingerprint density at radius 1 is 1.21 bits per heavy atom. The van der Waals surface area contributed by atoms with Crippen molar-refractivity contribution in [1.29, 1.82) is 0 Å². The van der Waals surface area contributed by atoms with E-state index in [4.69, 9.17) is 16.3 Å². The molecule has 0 radical (unpaired) electrons. The smallest absolute Gasteiger partial charge is 0.228 e. The van der Waals surface area contributed by atoms with Gasteiger partial charge in [0.1, 0.15) is 11.5 Å². The Bertz CT molecular complexity index is 1130. The third kappa shape index (κ3) is 5.37. The second-order valence-corrected chi connectivity index (χ2v) is 9.15. The summed E-state index contributed by atoms with van der Waals surface area (Å²) in [7, 11) is 0. The van der Waals surface area contributed by atoms with E-state index < -0.39 is 0 Å². The summed E-state index contributed by atoms with van der Waals surface area (Å²) >= 11 is 6.17. The van der Waals surface area contributed by atoms with Crippen molar-refractivity contribution in [1.82, 2.24) is 9.88 Å². The van der Waals surface area contributed by atoms with E-state index in [1.165, 1.54) is 0 Å². The summed E-state index contributed by atoms with van der Waals surface area (Å²) < 4.78 is 6.17. The van der Waals surface area contributed by atoms with Crippen LogP contribution in [-0.2, 0) is 17.8 Å². The van der Waals surface area contributed by atoms with Gasteiger partial charge in [-0.1, -0.05) is 49.7 Å². The highest BCUT2D eigenvalue weighted by molar-refractivity contribution is 6.31. The molecule has 0 saturated carbocycles. The predicted molar refractivity (Wildman–Crippen MR) is 130 cm³/mol. The fourth-order valence-electron chi connectivity index (χ4n) is 4.40. The fourth-order valence-corrected chi connectivity index (χ4v) is 4.59. The van der Waals surface area contributed by atoms with Crippen molar-refractivity contribution in [3.63, 3.8) is 0 Å². The van der Waals surface area contributed by atoms with Gasteiger partial charge in [0.25, 0.3) is 0 Å². The van der Waals surface area contributed by atoms with Gasteiger partial charge in [-0.25, -0.2) is 0 Å². The van der Waals surface area contributed by atoms with E-state index in [9.17, 15) is 9.90 Å². The minimum Gasteiger partial charge on any atom is -0.457 e. The number of aromatic nitrogens is 1. The molecule has 1 aliphatic heterocycles. The Hall–Kier alpha value is -2.89. The molecular weight excluding hydrogens is 436 g/mol. The number of likely N-dealkylation sites (tertiary alicyclic amines) is 1.